The summed E-state index contributed by atoms with van der Waals surface area (Å²) in [6.07, 6.45) is 3.99. The van der Waals surface area contributed by atoms with E-state index in [9.17, 15) is 14.9 Å². The van der Waals surface area contributed by atoms with Crippen molar-refractivity contribution in [1.82, 2.24) is 14.7 Å². The van der Waals surface area contributed by atoms with Crippen LogP contribution in [0.4, 0.5) is 5.82 Å². The van der Waals surface area contributed by atoms with E-state index in [0.717, 1.165) is 31.6 Å². The summed E-state index contributed by atoms with van der Waals surface area (Å²) in [5.41, 5.74) is 10.0. The van der Waals surface area contributed by atoms with Gasteiger partial charge < -0.3 is 11.1 Å². The monoisotopic (exact) mass is 558 g/mol. The third kappa shape index (κ3) is 5.69. The average Bonchev–Trinajstić information content (AvgIpc) is 3.72. The van der Waals surface area contributed by atoms with Crippen molar-refractivity contribution in [2.75, 3.05) is 18.4 Å². The van der Waals surface area contributed by atoms with Crippen LogP contribution in [-0.2, 0) is 16.9 Å². The SMILES string of the molecule is N#CCC1(n2cc(C(N)=O)c(NC(=O)[C@H]3C[C@@H]3c3ccccc3)n2)CCN(Cc2ccc(-c3ccccc3)cc2)CC1. The lowest BCUT2D eigenvalue weighted by Gasteiger charge is -2.40. The molecule has 2 atom stereocenters. The highest BCUT2D eigenvalue weighted by Gasteiger charge is 2.45. The van der Waals surface area contributed by atoms with Crippen LogP contribution in [0.5, 0.6) is 0 Å². The van der Waals surface area contributed by atoms with Crippen molar-refractivity contribution in [3.63, 3.8) is 0 Å². The summed E-state index contributed by atoms with van der Waals surface area (Å²) < 4.78 is 1.71. The van der Waals surface area contributed by atoms with Gasteiger partial charge in [0.2, 0.25) is 5.91 Å². The van der Waals surface area contributed by atoms with E-state index < -0.39 is 11.4 Å². The van der Waals surface area contributed by atoms with Crippen molar-refractivity contribution in [1.29, 1.82) is 5.26 Å². The molecule has 2 amide bonds. The Bertz CT molecular complexity index is 1600. The average molecular weight is 559 g/mol. The number of benzene rings is 3. The number of rotatable bonds is 9. The number of nitrogens with one attached hydrogen (secondary N) is 1. The molecule has 212 valence electrons. The zero-order valence-electron chi connectivity index (χ0n) is 23.4. The molecule has 1 aliphatic heterocycles. The molecule has 0 unspecified atom stereocenters. The number of anilines is 1. The van der Waals surface area contributed by atoms with Gasteiger partial charge in [-0.1, -0.05) is 84.9 Å². The summed E-state index contributed by atoms with van der Waals surface area (Å²) in [6.45, 7) is 2.36. The largest absolute Gasteiger partial charge is 0.365 e. The molecule has 8 heteroatoms. The van der Waals surface area contributed by atoms with E-state index in [2.05, 4.69) is 57.8 Å². The number of hydrogen-bond acceptors (Lipinski definition) is 5. The number of primary amides is 1. The molecule has 2 aliphatic rings. The number of hydrogen-bond donors (Lipinski definition) is 2. The van der Waals surface area contributed by atoms with Crippen LogP contribution in [-0.4, -0.2) is 39.6 Å². The molecule has 2 fully saturated rings. The normalized spacial score (nSPS) is 19.5. The fourth-order valence-corrected chi connectivity index (χ4v) is 6.11. The third-order valence-corrected chi connectivity index (χ3v) is 8.72. The van der Waals surface area contributed by atoms with Crippen molar-refractivity contribution >= 4 is 17.6 Å². The van der Waals surface area contributed by atoms with Crippen LogP contribution in [0.2, 0.25) is 0 Å². The maximum absolute atomic E-state index is 13.1. The third-order valence-electron chi connectivity index (χ3n) is 8.72. The molecule has 1 saturated carbocycles. The number of nitrogens with two attached hydrogens (primary N) is 1. The predicted molar refractivity (Wildman–Crippen MR) is 161 cm³/mol. The maximum Gasteiger partial charge on any atom is 0.254 e. The first kappa shape index (κ1) is 27.4. The minimum Gasteiger partial charge on any atom is -0.365 e. The molecule has 4 aromatic rings. The number of piperidine rings is 1. The van der Waals surface area contributed by atoms with Gasteiger partial charge in [0.15, 0.2) is 5.82 Å². The van der Waals surface area contributed by atoms with E-state index >= 15 is 0 Å². The molecule has 2 heterocycles. The molecule has 42 heavy (non-hydrogen) atoms. The smallest absolute Gasteiger partial charge is 0.254 e. The number of carbonyl (C=O) groups is 2. The van der Waals surface area contributed by atoms with Gasteiger partial charge in [0.05, 0.1) is 18.0 Å². The van der Waals surface area contributed by atoms with E-state index in [1.807, 2.05) is 48.5 Å². The Hall–Kier alpha value is -4.74. The Labute approximate surface area is 245 Å². The lowest BCUT2D eigenvalue weighted by Crippen LogP contribution is -2.46. The molecule has 0 radical (unpaired) electrons. The lowest BCUT2D eigenvalue weighted by atomic mass is 9.84. The predicted octanol–water partition coefficient (Wildman–Crippen LogP) is 5.30. The van der Waals surface area contributed by atoms with E-state index in [1.54, 1.807) is 10.9 Å². The first-order chi connectivity index (χ1) is 20.5. The Balaban J connectivity index is 1.13. The van der Waals surface area contributed by atoms with Crippen LogP contribution in [0.25, 0.3) is 11.1 Å². The molecule has 1 saturated heterocycles. The number of aromatic nitrogens is 2. The van der Waals surface area contributed by atoms with Crippen molar-refractivity contribution in [2.45, 2.75) is 43.7 Å². The number of carbonyl (C=O) groups excluding carboxylic acids is 2. The minimum absolute atomic E-state index is 0.161. The van der Waals surface area contributed by atoms with Crippen LogP contribution in [0.1, 0.15) is 53.1 Å². The fraction of sp³-hybridized carbons (Fsp3) is 0.294. The first-order valence-electron chi connectivity index (χ1n) is 14.5. The molecule has 3 aromatic carbocycles. The molecule has 0 bridgehead atoms. The van der Waals surface area contributed by atoms with Crippen molar-refractivity contribution < 1.29 is 9.59 Å². The summed E-state index contributed by atoms with van der Waals surface area (Å²) in [7, 11) is 0. The molecule has 1 aromatic heterocycles. The van der Waals surface area contributed by atoms with Gasteiger partial charge in [-0.15, -0.1) is 0 Å². The van der Waals surface area contributed by atoms with E-state index in [1.165, 1.54) is 16.7 Å². The van der Waals surface area contributed by atoms with Gasteiger partial charge in [-0.25, -0.2) is 0 Å². The van der Waals surface area contributed by atoms with Gasteiger partial charge in [0.1, 0.15) is 5.56 Å². The van der Waals surface area contributed by atoms with Crippen molar-refractivity contribution in [3.05, 3.63) is 108 Å². The highest BCUT2D eigenvalue weighted by Crippen LogP contribution is 2.48. The second kappa shape index (κ2) is 11.6. The van der Waals surface area contributed by atoms with Gasteiger partial charge in [-0.05, 0) is 47.4 Å². The molecule has 8 nitrogen and oxygen atoms in total. The zero-order chi connectivity index (χ0) is 29.1. The number of nitrogens with zero attached hydrogens (tertiary/aromatic N) is 4. The second-order valence-corrected chi connectivity index (χ2v) is 11.4. The van der Waals surface area contributed by atoms with E-state index in [-0.39, 0.29) is 35.5 Å². The highest BCUT2D eigenvalue weighted by molar-refractivity contribution is 6.03. The summed E-state index contributed by atoms with van der Waals surface area (Å²) in [4.78, 5) is 27.8. The lowest BCUT2D eigenvalue weighted by molar-refractivity contribution is -0.117. The standard InChI is InChI=1S/C34H34N6O2/c35-18-15-34(16-19-39(20-17-34)22-24-11-13-26(14-12-24)25-7-3-1-4-8-25)40-23-30(31(36)41)32(38-40)37-33(42)29-21-28(29)27-9-5-2-6-10-27/h1-14,23,28-29H,15-17,19-22H2,(H2,36,41)(H,37,38,42)/t28-,29+/m1/s1. The summed E-state index contributed by atoms with van der Waals surface area (Å²) >= 11 is 0. The number of likely N-dealkylation sites (tertiary alicyclic amines) is 1. The topological polar surface area (TPSA) is 117 Å². The fourth-order valence-electron chi connectivity index (χ4n) is 6.11. The van der Waals surface area contributed by atoms with Crippen molar-refractivity contribution in [2.24, 2.45) is 11.7 Å². The Morgan fingerprint density at radius 1 is 0.952 bits per heavy atom. The van der Waals surface area contributed by atoms with Crippen LogP contribution < -0.4 is 11.1 Å². The Morgan fingerprint density at radius 3 is 2.24 bits per heavy atom. The molecule has 6 rings (SSSR count). The van der Waals surface area contributed by atoms with E-state index in [0.29, 0.717) is 12.8 Å². The molecule has 3 N–H and O–H groups in total. The van der Waals surface area contributed by atoms with Crippen LogP contribution >= 0.6 is 0 Å². The summed E-state index contributed by atoms with van der Waals surface area (Å²) in [5, 5.41) is 17.3. The van der Waals surface area contributed by atoms with Gasteiger partial charge in [0, 0.05) is 31.7 Å². The van der Waals surface area contributed by atoms with Gasteiger partial charge in [0.25, 0.3) is 5.91 Å². The Kier molecular flexibility index (Phi) is 7.60. The molecular weight excluding hydrogens is 524 g/mol. The van der Waals surface area contributed by atoms with E-state index in [4.69, 9.17) is 5.73 Å². The number of nitriles is 1. The number of amides is 2. The van der Waals surface area contributed by atoms with Gasteiger partial charge >= 0.3 is 0 Å². The first-order valence-corrected chi connectivity index (χ1v) is 14.5. The summed E-state index contributed by atoms with van der Waals surface area (Å²) in [5.74, 6) is -0.663. The summed E-state index contributed by atoms with van der Waals surface area (Å²) in [6, 6.07) is 31.3. The second-order valence-electron chi connectivity index (χ2n) is 11.4. The van der Waals surface area contributed by atoms with Crippen LogP contribution in [0.15, 0.2) is 91.1 Å². The minimum atomic E-state index is -0.657. The van der Waals surface area contributed by atoms with Crippen LogP contribution in [0, 0.1) is 17.2 Å². The molecule has 0 spiro atoms. The highest BCUT2D eigenvalue weighted by atomic mass is 16.2. The van der Waals surface area contributed by atoms with Crippen molar-refractivity contribution in [3.8, 4) is 17.2 Å². The van der Waals surface area contributed by atoms with Gasteiger partial charge in [-0.2, -0.15) is 10.4 Å². The van der Waals surface area contributed by atoms with Crippen LogP contribution in [0.3, 0.4) is 0 Å². The van der Waals surface area contributed by atoms with Gasteiger partial charge in [-0.3, -0.25) is 19.2 Å². The zero-order valence-corrected chi connectivity index (χ0v) is 23.4. The Morgan fingerprint density at radius 2 is 1.60 bits per heavy atom. The maximum atomic E-state index is 13.1. The molecular formula is C34H34N6O2. The quantitative estimate of drug-likeness (QED) is 0.289. The molecule has 1 aliphatic carbocycles.